The Kier molecular flexibility index (Phi) is 5.01. The molecule has 0 bridgehead atoms. The quantitative estimate of drug-likeness (QED) is 0.508. The van der Waals surface area contributed by atoms with Crippen molar-refractivity contribution in [2.45, 2.75) is 13.8 Å². The lowest BCUT2D eigenvalue weighted by Gasteiger charge is -2.09. The minimum atomic E-state index is -1.33. The van der Waals surface area contributed by atoms with E-state index in [-0.39, 0.29) is 28.2 Å². The Morgan fingerprint density at radius 1 is 1.00 bits per heavy atom. The zero-order chi connectivity index (χ0) is 16.2. The van der Waals surface area contributed by atoms with Gasteiger partial charge in [-0.05, 0) is 32.0 Å². The van der Waals surface area contributed by atoms with Crippen LogP contribution in [-0.4, -0.2) is 23.0 Å². The summed E-state index contributed by atoms with van der Waals surface area (Å²) >= 11 is 0. The maximum atomic E-state index is 11.4. The maximum Gasteiger partial charge on any atom is 0.339 e. The lowest BCUT2D eigenvalue weighted by atomic mass is 10.2. The molecule has 6 nitrogen and oxygen atoms in total. The van der Waals surface area contributed by atoms with Crippen molar-refractivity contribution in [3.8, 4) is 11.5 Å². The van der Waals surface area contributed by atoms with Gasteiger partial charge in [0.25, 0.3) is 0 Å². The molecule has 1 N–H and O–H groups in total. The average Bonchev–Trinajstić information content (AvgIpc) is 2.39. The fourth-order valence-corrected chi connectivity index (χ4v) is 1.21. The molecule has 0 unspecified atom stereocenters. The Morgan fingerprint density at radius 2 is 1.52 bits per heavy atom. The normalized spacial score (nSPS) is 9.62. The number of carbonyl (C=O) groups excluding carboxylic acids is 2. The second-order valence-electron chi connectivity index (χ2n) is 4.30. The molecule has 0 amide bonds. The van der Waals surface area contributed by atoms with Gasteiger partial charge in [-0.3, -0.25) is 0 Å². The van der Waals surface area contributed by atoms with Gasteiger partial charge in [0.1, 0.15) is 17.1 Å². The van der Waals surface area contributed by atoms with Crippen molar-refractivity contribution in [3.05, 3.63) is 48.1 Å². The summed E-state index contributed by atoms with van der Waals surface area (Å²) in [6.45, 7) is 9.71. The Balaban J connectivity index is 3.10. The van der Waals surface area contributed by atoms with Crippen LogP contribution in [0.15, 0.2) is 42.5 Å². The molecule has 1 rings (SSSR count). The van der Waals surface area contributed by atoms with Gasteiger partial charge in [-0.15, -0.1) is 0 Å². The molecule has 0 radical (unpaired) electrons. The van der Waals surface area contributed by atoms with Crippen LogP contribution in [0, 0.1) is 0 Å². The first-order chi connectivity index (χ1) is 9.72. The smallest absolute Gasteiger partial charge is 0.339 e. The van der Waals surface area contributed by atoms with Crippen LogP contribution in [-0.2, 0) is 9.59 Å². The van der Waals surface area contributed by atoms with E-state index in [0.717, 1.165) is 6.07 Å². The predicted octanol–water partition coefficient (Wildman–Crippen LogP) is 2.35. The van der Waals surface area contributed by atoms with Crippen LogP contribution >= 0.6 is 0 Å². The highest BCUT2D eigenvalue weighted by Gasteiger charge is 2.17. The topological polar surface area (TPSA) is 89.9 Å². The molecule has 0 aliphatic heterocycles. The van der Waals surface area contributed by atoms with Crippen LogP contribution in [0.4, 0.5) is 0 Å². The second-order valence-corrected chi connectivity index (χ2v) is 4.30. The van der Waals surface area contributed by atoms with Gasteiger partial charge in [0.2, 0.25) is 0 Å². The summed E-state index contributed by atoms with van der Waals surface area (Å²) in [4.78, 5) is 34.0. The molecule has 0 saturated heterocycles. The lowest BCUT2D eigenvalue weighted by molar-refractivity contribution is -0.131. The standard InChI is InChI=1S/C15H14O6/c1-8(2)14(18)20-10-5-6-12(11(7-10)13(16)17)21-15(19)9(3)4/h5-7H,1,3H2,2,4H3,(H,16,17). The van der Waals surface area contributed by atoms with Gasteiger partial charge in [0.15, 0.2) is 0 Å². The average molecular weight is 290 g/mol. The molecular formula is C15H14O6. The fraction of sp³-hybridized carbons (Fsp3) is 0.133. The first-order valence-corrected chi connectivity index (χ1v) is 5.85. The molecule has 110 valence electrons. The Labute approximate surface area is 121 Å². The number of hydrogen-bond acceptors (Lipinski definition) is 5. The van der Waals surface area contributed by atoms with Crippen molar-refractivity contribution >= 4 is 17.9 Å². The number of carbonyl (C=O) groups is 3. The molecule has 0 spiro atoms. The van der Waals surface area contributed by atoms with E-state index in [4.69, 9.17) is 14.6 Å². The van der Waals surface area contributed by atoms with E-state index in [0.29, 0.717) is 0 Å². The number of aromatic carboxylic acids is 1. The van der Waals surface area contributed by atoms with Crippen molar-refractivity contribution in [2.24, 2.45) is 0 Å². The molecule has 0 aromatic heterocycles. The Morgan fingerprint density at radius 3 is 2.00 bits per heavy atom. The van der Waals surface area contributed by atoms with Crippen LogP contribution in [0.5, 0.6) is 11.5 Å². The van der Waals surface area contributed by atoms with E-state index in [2.05, 4.69) is 13.2 Å². The molecule has 0 atom stereocenters. The van der Waals surface area contributed by atoms with Gasteiger partial charge in [0, 0.05) is 11.1 Å². The van der Waals surface area contributed by atoms with Crippen LogP contribution in [0.3, 0.4) is 0 Å². The molecule has 0 aliphatic rings. The number of ether oxygens (including phenoxy) is 2. The van der Waals surface area contributed by atoms with Gasteiger partial charge in [-0.2, -0.15) is 0 Å². The number of benzene rings is 1. The molecule has 0 heterocycles. The third-order valence-electron chi connectivity index (χ3n) is 2.29. The van der Waals surface area contributed by atoms with Crippen LogP contribution < -0.4 is 9.47 Å². The Bertz CT molecular complexity index is 642. The van der Waals surface area contributed by atoms with Crippen molar-refractivity contribution in [1.29, 1.82) is 0 Å². The highest BCUT2D eigenvalue weighted by molar-refractivity contribution is 5.95. The third-order valence-corrected chi connectivity index (χ3v) is 2.29. The minimum Gasteiger partial charge on any atom is -0.478 e. The minimum absolute atomic E-state index is 0.00974. The summed E-state index contributed by atoms with van der Waals surface area (Å²) in [5, 5.41) is 9.11. The Hall–Kier alpha value is -2.89. The maximum absolute atomic E-state index is 11.4. The molecule has 21 heavy (non-hydrogen) atoms. The van der Waals surface area contributed by atoms with Crippen molar-refractivity contribution in [3.63, 3.8) is 0 Å². The van der Waals surface area contributed by atoms with Crippen LogP contribution in [0.2, 0.25) is 0 Å². The molecule has 6 heteroatoms. The van der Waals surface area contributed by atoms with Crippen molar-refractivity contribution < 1.29 is 29.0 Å². The van der Waals surface area contributed by atoms with Crippen molar-refractivity contribution in [2.75, 3.05) is 0 Å². The molecular weight excluding hydrogens is 276 g/mol. The van der Waals surface area contributed by atoms with E-state index in [1.54, 1.807) is 0 Å². The molecule has 0 saturated carbocycles. The summed E-state index contributed by atoms with van der Waals surface area (Å²) in [6.07, 6.45) is 0. The molecule has 1 aromatic rings. The lowest BCUT2D eigenvalue weighted by Crippen LogP contribution is -2.13. The second kappa shape index (κ2) is 6.51. The van der Waals surface area contributed by atoms with E-state index < -0.39 is 17.9 Å². The first-order valence-electron chi connectivity index (χ1n) is 5.85. The zero-order valence-electron chi connectivity index (χ0n) is 11.6. The summed E-state index contributed by atoms with van der Waals surface area (Å²) in [5.74, 6) is -2.91. The van der Waals surface area contributed by atoms with Crippen molar-refractivity contribution in [1.82, 2.24) is 0 Å². The van der Waals surface area contributed by atoms with E-state index in [9.17, 15) is 14.4 Å². The highest BCUT2D eigenvalue weighted by atomic mass is 16.5. The molecule has 0 fully saturated rings. The highest BCUT2D eigenvalue weighted by Crippen LogP contribution is 2.25. The number of rotatable bonds is 5. The van der Waals surface area contributed by atoms with Crippen LogP contribution in [0.25, 0.3) is 0 Å². The van der Waals surface area contributed by atoms with E-state index >= 15 is 0 Å². The number of esters is 2. The number of hydrogen-bond donors (Lipinski definition) is 1. The van der Waals surface area contributed by atoms with Gasteiger partial charge in [-0.1, -0.05) is 13.2 Å². The summed E-state index contributed by atoms with van der Waals surface area (Å²) in [6, 6.07) is 3.63. The molecule has 1 aromatic carbocycles. The fourth-order valence-electron chi connectivity index (χ4n) is 1.21. The third kappa shape index (κ3) is 4.31. The van der Waals surface area contributed by atoms with E-state index in [1.807, 2.05) is 0 Å². The van der Waals surface area contributed by atoms with Gasteiger partial charge >= 0.3 is 17.9 Å². The van der Waals surface area contributed by atoms with E-state index in [1.165, 1.54) is 26.0 Å². The zero-order valence-corrected chi connectivity index (χ0v) is 11.6. The SMILES string of the molecule is C=C(C)C(=O)Oc1ccc(OC(=O)C(=C)C)c(C(=O)O)c1. The summed E-state index contributed by atoms with van der Waals surface area (Å²) in [7, 11) is 0. The summed E-state index contributed by atoms with van der Waals surface area (Å²) in [5.41, 5.74) is -0.00889. The molecule has 0 aliphatic carbocycles. The van der Waals surface area contributed by atoms with Crippen LogP contribution in [0.1, 0.15) is 24.2 Å². The number of carboxylic acid groups (broad SMARTS) is 1. The first kappa shape index (κ1) is 16.2. The largest absolute Gasteiger partial charge is 0.478 e. The number of carboxylic acids is 1. The van der Waals surface area contributed by atoms with Gasteiger partial charge < -0.3 is 14.6 Å². The van der Waals surface area contributed by atoms with Gasteiger partial charge in [0.05, 0.1) is 0 Å². The predicted molar refractivity (Wildman–Crippen MR) is 74.3 cm³/mol. The monoisotopic (exact) mass is 290 g/mol. The summed E-state index contributed by atoms with van der Waals surface area (Å²) < 4.78 is 9.81. The van der Waals surface area contributed by atoms with Gasteiger partial charge in [-0.25, -0.2) is 14.4 Å².